The highest BCUT2D eigenvalue weighted by Gasteiger charge is 2.31. The summed E-state index contributed by atoms with van der Waals surface area (Å²) in [7, 11) is 0. The number of guanidine groups is 1. The van der Waals surface area contributed by atoms with E-state index in [0.717, 1.165) is 44.0 Å². The van der Waals surface area contributed by atoms with E-state index in [4.69, 9.17) is 15.5 Å². The van der Waals surface area contributed by atoms with Gasteiger partial charge >= 0.3 is 6.36 Å². The Morgan fingerprint density at radius 1 is 0.927 bits per heavy atom. The van der Waals surface area contributed by atoms with Crippen LogP contribution < -0.4 is 20.5 Å². The van der Waals surface area contributed by atoms with Gasteiger partial charge in [-0.2, -0.15) is 0 Å². The normalized spacial score (nSPS) is 15.1. The van der Waals surface area contributed by atoms with Crippen molar-refractivity contribution in [3.8, 4) is 11.5 Å². The molecule has 0 aromatic heterocycles. The first-order valence-electron chi connectivity index (χ1n) is 14.0. The molecule has 0 atom stereocenters. The van der Waals surface area contributed by atoms with Gasteiger partial charge in [0.2, 0.25) is 0 Å². The summed E-state index contributed by atoms with van der Waals surface area (Å²) >= 11 is 0. The van der Waals surface area contributed by atoms with Gasteiger partial charge in [-0.05, 0) is 84.7 Å². The van der Waals surface area contributed by atoms with Crippen molar-refractivity contribution in [1.29, 1.82) is 0 Å². The van der Waals surface area contributed by atoms with Crippen LogP contribution in [0.25, 0.3) is 0 Å². The lowest BCUT2D eigenvalue weighted by Crippen LogP contribution is -2.43. The molecule has 9 heteroatoms. The minimum atomic E-state index is -4.73. The van der Waals surface area contributed by atoms with E-state index in [1.807, 2.05) is 24.3 Å². The van der Waals surface area contributed by atoms with Gasteiger partial charge in [0, 0.05) is 25.3 Å². The Morgan fingerprint density at radius 3 is 2.27 bits per heavy atom. The fraction of sp³-hybridized carbons (Fsp3) is 0.406. The summed E-state index contributed by atoms with van der Waals surface area (Å²) in [6.07, 6.45) is -1.45. The van der Waals surface area contributed by atoms with Crippen LogP contribution in [0, 0.1) is 11.3 Å². The van der Waals surface area contributed by atoms with Crippen LogP contribution in [0.1, 0.15) is 37.8 Å². The molecule has 1 heterocycles. The maximum Gasteiger partial charge on any atom is 0.573 e. The molecule has 1 aliphatic heterocycles. The molecule has 0 amide bonds. The third kappa shape index (κ3) is 10.0. The summed E-state index contributed by atoms with van der Waals surface area (Å²) in [6, 6.07) is 23.9. The van der Waals surface area contributed by atoms with Crippen LogP contribution in [-0.4, -0.2) is 43.4 Å². The van der Waals surface area contributed by atoms with Crippen LogP contribution in [0.3, 0.4) is 0 Å². The Labute approximate surface area is 240 Å². The minimum Gasteiger partial charge on any atom is -0.489 e. The van der Waals surface area contributed by atoms with Gasteiger partial charge in [0.05, 0.1) is 0 Å². The number of anilines is 1. The summed E-state index contributed by atoms with van der Waals surface area (Å²) < 4.78 is 47.3. The topological polar surface area (TPSA) is 72.1 Å². The van der Waals surface area contributed by atoms with Gasteiger partial charge in [-0.25, -0.2) is 0 Å². The van der Waals surface area contributed by atoms with Crippen LogP contribution in [0.15, 0.2) is 83.9 Å². The molecule has 3 N–H and O–H groups in total. The lowest BCUT2D eigenvalue weighted by atomic mass is 9.90. The zero-order chi connectivity index (χ0) is 29.3. The van der Waals surface area contributed by atoms with E-state index in [1.54, 1.807) is 6.07 Å². The number of alkyl halides is 3. The van der Waals surface area contributed by atoms with Crippen LogP contribution in [0.2, 0.25) is 0 Å². The van der Waals surface area contributed by atoms with E-state index in [-0.39, 0.29) is 17.8 Å². The molecule has 0 spiro atoms. The summed E-state index contributed by atoms with van der Waals surface area (Å²) in [4.78, 5) is 7.27. The number of nitrogens with zero attached hydrogens (tertiary/aromatic N) is 2. The zero-order valence-electron chi connectivity index (χ0n) is 23.7. The van der Waals surface area contributed by atoms with Crippen LogP contribution >= 0.6 is 0 Å². The molecule has 0 aliphatic carbocycles. The third-order valence-corrected chi connectivity index (χ3v) is 7.14. The molecule has 0 unspecified atom stereocenters. The molecule has 1 saturated heterocycles. The van der Waals surface area contributed by atoms with Crippen molar-refractivity contribution < 1.29 is 22.6 Å². The number of nitrogens with one attached hydrogen (secondary N) is 1. The number of piperidine rings is 1. The van der Waals surface area contributed by atoms with E-state index >= 15 is 0 Å². The highest BCUT2D eigenvalue weighted by atomic mass is 19.4. The predicted molar refractivity (Wildman–Crippen MR) is 157 cm³/mol. The summed E-state index contributed by atoms with van der Waals surface area (Å²) in [5.41, 5.74) is 8.67. The van der Waals surface area contributed by atoms with Crippen molar-refractivity contribution in [2.45, 2.75) is 46.1 Å². The standard InChI is InChI=1S/C32H39F3N4O2/c1-31(2,22-36)23-37-30(39-17-15-25(16-18-39)19-24-7-4-3-5-8-24)38-27-11-13-28(14-12-27)40-21-26-9-6-10-29(20-26)41-32(33,34)35/h3-14,20,25H,15-19,21-23,36H2,1-2H3,(H,37,38). The van der Waals surface area contributed by atoms with E-state index in [2.05, 4.69) is 59.1 Å². The molecule has 1 aliphatic rings. The van der Waals surface area contributed by atoms with Crippen molar-refractivity contribution in [2.75, 3.05) is 31.5 Å². The second-order valence-corrected chi connectivity index (χ2v) is 11.3. The first-order valence-corrected chi connectivity index (χ1v) is 14.0. The van der Waals surface area contributed by atoms with Crippen LogP contribution in [0.4, 0.5) is 18.9 Å². The summed E-state index contributed by atoms with van der Waals surface area (Å²) in [6.45, 7) is 7.32. The van der Waals surface area contributed by atoms with Gasteiger partial charge in [-0.15, -0.1) is 13.2 Å². The quantitative estimate of drug-likeness (QED) is 0.206. The van der Waals surface area contributed by atoms with Gasteiger partial charge < -0.3 is 25.4 Å². The molecule has 3 aromatic rings. The molecule has 41 heavy (non-hydrogen) atoms. The van der Waals surface area contributed by atoms with Gasteiger partial charge in [-0.3, -0.25) is 4.99 Å². The molecule has 0 saturated carbocycles. The maximum absolute atomic E-state index is 12.5. The monoisotopic (exact) mass is 568 g/mol. The lowest BCUT2D eigenvalue weighted by molar-refractivity contribution is -0.274. The second-order valence-electron chi connectivity index (χ2n) is 11.3. The zero-order valence-corrected chi connectivity index (χ0v) is 23.7. The predicted octanol–water partition coefficient (Wildman–Crippen LogP) is 6.87. The number of benzene rings is 3. The van der Waals surface area contributed by atoms with Crippen molar-refractivity contribution >= 4 is 11.6 Å². The van der Waals surface area contributed by atoms with Crippen molar-refractivity contribution in [1.82, 2.24) is 4.90 Å². The first kappa shape index (κ1) is 30.2. The average molecular weight is 569 g/mol. The SMILES string of the molecule is CC(C)(CN)CN=C(Nc1ccc(OCc2cccc(OC(F)(F)F)c2)cc1)N1CCC(Cc2ccccc2)CC1. The number of hydrogen-bond acceptors (Lipinski definition) is 4. The molecular formula is C32H39F3N4O2. The van der Waals surface area contributed by atoms with Crippen molar-refractivity contribution in [3.05, 3.63) is 90.0 Å². The summed E-state index contributed by atoms with van der Waals surface area (Å²) in [5, 5.41) is 3.50. The minimum absolute atomic E-state index is 0.112. The Hall–Kier alpha value is -3.72. The maximum atomic E-state index is 12.5. The highest BCUT2D eigenvalue weighted by Crippen LogP contribution is 2.26. The number of hydrogen-bond donors (Lipinski definition) is 2. The third-order valence-electron chi connectivity index (χ3n) is 7.14. The van der Waals surface area contributed by atoms with Crippen LogP contribution in [-0.2, 0) is 13.0 Å². The Bertz CT molecular complexity index is 1260. The molecule has 0 radical (unpaired) electrons. The number of likely N-dealkylation sites (tertiary alicyclic amines) is 1. The van der Waals surface area contributed by atoms with Gasteiger partial charge in [0.25, 0.3) is 0 Å². The Morgan fingerprint density at radius 2 is 1.61 bits per heavy atom. The number of aliphatic imine (C=N–C) groups is 1. The van der Waals surface area contributed by atoms with E-state index in [1.165, 1.54) is 23.8 Å². The van der Waals surface area contributed by atoms with E-state index in [0.29, 0.717) is 30.3 Å². The van der Waals surface area contributed by atoms with E-state index in [9.17, 15) is 13.2 Å². The Balaban J connectivity index is 1.36. The lowest BCUT2D eigenvalue weighted by Gasteiger charge is -2.35. The van der Waals surface area contributed by atoms with Crippen LogP contribution in [0.5, 0.6) is 11.5 Å². The van der Waals surface area contributed by atoms with Crippen molar-refractivity contribution in [3.63, 3.8) is 0 Å². The smallest absolute Gasteiger partial charge is 0.489 e. The molecule has 0 bridgehead atoms. The first-order chi connectivity index (χ1) is 19.6. The fourth-order valence-electron chi connectivity index (χ4n) is 4.63. The molecule has 1 fully saturated rings. The van der Waals surface area contributed by atoms with Gasteiger partial charge in [0.15, 0.2) is 5.96 Å². The Kier molecular flexibility index (Phi) is 10.2. The average Bonchev–Trinajstić information content (AvgIpc) is 2.95. The molecule has 6 nitrogen and oxygen atoms in total. The van der Waals surface area contributed by atoms with E-state index < -0.39 is 6.36 Å². The second kappa shape index (κ2) is 13.8. The fourth-order valence-corrected chi connectivity index (χ4v) is 4.63. The summed E-state index contributed by atoms with van der Waals surface area (Å²) in [5.74, 6) is 1.81. The number of rotatable bonds is 10. The molecule has 3 aromatic carbocycles. The molecular weight excluding hydrogens is 529 g/mol. The van der Waals surface area contributed by atoms with Gasteiger partial charge in [-0.1, -0.05) is 56.3 Å². The number of halogens is 3. The largest absolute Gasteiger partial charge is 0.573 e. The highest BCUT2D eigenvalue weighted by molar-refractivity contribution is 5.93. The van der Waals surface area contributed by atoms with Gasteiger partial charge in [0.1, 0.15) is 18.1 Å². The number of nitrogens with two attached hydrogens (primary N) is 1. The molecule has 220 valence electrons. The molecule has 4 rings (SSSR count). The van der Waals surface area contributed by atoms with Crippen molar-refractivity contribution in [2.24, 2.45) is 22.1 Å². The number of ether oxygens (including phenoxy) is 2.